The molecule has 3 nitrogen and oxygen atoms in total. The maximum absolute atomic E-state index is 6.68. The van der Waals surface area contributed by atoms with Crippen LogP contribution >= 0.6 is 0 Å². The number of anilines is 3. The van der Waals surface area contributed by atoms with Crippen molar-refractivity contribution < 1.29 is 9.47 Å². The predicted octanol–water partition coefficient (Wildman–Crippen LogP) is 20.8. The summed E-state index contributed by atoms with van der Waals surface area (Å²) in [4.78, 5) is 2.45. The van der Waals surface area contributed by atoms with Crippen molar-refractivity contribution in [1.29, 1.82) is 0 Å². The van der Waals surface area contributed by atoms with E-state index in [-0.39, 0.29) is 0 Å². The van der Waals surface area contributed by atoms with Crippen molar-refractivity contribution in [3.8, 4) is 89.8 Å². The van der Waals surface area contributed by atoms with Gasteiger partial charge in [-0.3, -0.25) is 0 Å². The minimum atomic E-state index is -0.551. The lowest BCUT2D eigenvalue weighted by atomic mass is 9.66. The topological polar surface area (TPSA) is 21.7 Å². The van der Waals surface area contributed by atoms with E-state index in [1.54, 1.807) is 0 Å². The highest BCUT2D eigenvalue weighted by Crippen LogP contribution is 2.64. The summed E-state index contributed by atoms with van der Waals surface area (Å²) < 4.78 is 13.3. The minimum absolute atomic E-state index is 0.534. The Kier molecular flexibility index (Phi) is 10.4. The van der Waals surface area contributed by atoms with Crippen LogP contribution in [0.25, 0.3) is 66.8 Å². The summed E-state index contributed by atoms with van der Waals surface area (Å²) >= 11 is 0. The SMILES string of the molecule is c1ccc(-c2cccc(-c3ccc(N(c4cccc(-c5ccc6c(c5)-c5ccccc5C65c6ccccc6Oc6ccccc65)c4)c4ccccc4-c4ccc5c(c4)-c4ccccc4C54c5ccccc5Oc5ccccc54)cc3)c2)cc1. The van der Waals surface area contributed by atoms with E-state index in [1.807, 2.05) is 0 Å². The third-order valence-corrected chi connectivity index (χ3v) is 18.0. The largest absolute Gasteiger partial charge is 0.457 e. The van der Waals surface area contributed by atoms with Gasteiger partial charge in [0.2, 0.25) is 0 Å². The van der Waals surface area contributed by atoms with Crippen LogP contribution in [0.3, 0.4) is 0 Å². The molecule has 0 bridgehead atoms. The lowest BCUT2D eigenvalue weighted by molar-refractivity contribution is 0.436. The van der Waals surface area contributed by atoms with Gasteiger partial charge in [-0.2, -0.15) is 0 Å². The Balaban J connectivity index is 0.826. The second-order valence-corrected chi connectivity index (χ2v) is 22.2. The molecule has 0 radical (unpaired) electrons. The van der Waals surface area contributed by atoms with Crippen LogP contribution in [0.5, 0.6) is 23.0 Å². The number of nitrogens with zero attached hydrogens (tertiary/aromatic N) is 1. The summed E-state index contributed by atoms with van der Waals surface area (Å²) in [6.07, 6.45) is 0. The number of benzene rings is 13. The number of fused-ring (bicyclic) bond motifs is 18. The Morgan fingerprint density at radius 3 is 1.11 bits per heavy atom. The molecule has 0 atom stereocenters. The van der Waals surface area contributed by atoms with E-state index in [9.17, 15) is 0 Å². The highest BCUT2D eigenvalue weighted by atomic mass is 16.5. The molecule has 0 aromatic heterocycles. The van der Waals surface area contributed by atoms with Gasteiger partial charge in [-0.25, -0.2) is 0 Å². The second-order valence-electron chi connectivity index (χ2n) is 22.2. The molecule has 0 N–H and O–H groups in total. The molecule has 0 amide bonds. The van der Waals surface area contributed by atoms with Crippen LogP contribution in [0.1, 0.15) is 44.5 Å². The fourth-order valence-corrected chi connectivity index (χ4v) is 14.5. The van der Waals surface area contributed by atoms with Crippen LogP contribution in [0.4, 0.5) is 17.1 Å². The number of para-hydroxylation sites is 5. The van der Waals surface area contributed by atoms with Gasteiger partial charge < -0.3 is 14.4 Å². The van der Waals surface area contributed by atoms with E-state index in [4.69, 9.17) is 9.47 Å². The molecule has 0 unspecified atom stereocenters. The van der Waals surface area contributed by atoms with E-state index in [0.29, 0.717) is 0 Å². The van der Waals surface area contributed by atoms with Gasteiger partial charge in [0.1, 0.15) is 23.0 Å². The van der Waals surface area contributed by atoms with Gasteiger partial charge in [-0.1, -0.05) is 237 Å². The summed E-state index contributed by atoms with van der Waals surface area (Å²) in [5, 5.41) is 0. The van der Waals surface area contributed by atoms with Crippen molar-refractivity contribution in [3.63, 3.8) is 0 Å². The van der Waals surface area contributed by atoms with Crippen LogP contribution in [-0.2, 0) is 10.8 Å². The van der Waals surface area contributed by atoms with Crippen LogP contribution in [0, 0.1) is 0 Å². The van der Waals surface area contributed by atoms with E-state index in [2.05, 4.69) is 314 Å². The number of ether oxygens (including phenoxy) is 2. The lowest BCUT2D eigenvalue weighted by Crippen LogP contribution is -2.32. The monoisotopic (exact) mass is 1060 g/mol. The molecule has 0 saturated heterocycles. The third-order valence-electron chi connectivity index (χ3n) is 18.0. The highest BCUT2D eigenvalue weighted by molar-refractivity contribution is 5.96. The standard InChI is InChI=1S/C80H51NO2/c1-2-20-52(21-3-1)54-22-18-23-55(48-54)53-40-44-59(45-41-53)81(60-25-19-24-56(49-60)57-42-46-68-64(50-57)62-27-4-7-29-66(62)79(68)70-31-9-14-36-75(70)82-76-37-15-10-32-71(76)79)74-35-13-6-26-61(74)58-43-47-69-65(51-58)63-28-5-8-30-67(63)80(69)72-33-11-16-38-77(72)83-78-39-17-12-34-73(78)80/h1-51H. The average Bonchev–Trinajstić information content (AvgIpc) is 1.96. The van der Waals surface area contributed by atoms with Gasteiger partial charge in [0.25, 0.3) is 0 Å². The van der Waals surface area contributed by atoms with Crippen molar-refractivity contribution in [1.82, 2.24) is 0 Å². The molecule has 388 valence electrons. The summed E-state index contributed by atoms with van der Waals surface area (Å²) in [6.45, 7) is 0. The smallest absolute Gasteiger partial charge is 0.132 e. The molecule has 4 aliphatic rings. The third kappa shape index (κ3) is 6.92. The second kappa shape index (κ2) is 18.4. The van der Waals surface area contributed by atoms with Gasteiger partial charge in [0.15, 0.2) is 0 Å². The zero-order valence-electron chi connectivity index (χ0n) is 45.2. The summed E-state index contributed by atoms with van der Waals surface area (Å²) in [6, 6.07) is 113. The van der Waals surface area contributed by atoms with Crippen molar-refractivity contribution in [3.05, 3.63) is 354 Å². The van der Waals surface area contributed by atoms with Crippen LogP contribution < -0.4 is 14.4 Å². The molecule has 3 heteroatoms. The predicted molar refractivity (Wildman–Crippen MR) is 338 cm³/mol. The maximum Gasteiger partial charge on any atom is 0.132 e. The van der Waals surface area contributed by atoms with Crippen LogP contribution in [-0.4, -0.2) is 0 Å². The number of hydrogen-bond donors (Lipinski definition) is 0. The average molecular weight is 1060 g/mol. The minimum Gasteiger partial charge on any atom is -0.457 e. The van der Waals surface area contributed by atoms with Gasteiger partial charge in [0, 0.05) is 39.2 Å². The van der Waals surface area contributed by atoms with E-state index >= 15 is 0 Å². The van der Waals surface area contributed by atoms with Gasteiger partial charge in [-0.05, 0) is 156 Å². The molecule has 83 heavy (non-hydrogen) atoms. The van der Waals surface area contributed by atoms with Crippen molar-refractivity contribution >= 4 is 17.1 Å². The zero-order chi connectivity index (χ0) is 54.6. The molecule has 2 heterocycles. The first-order chi connectivity index (χ1) is 41.1. The van der Waals surface area contributed by atoms with Crippen LogP contribution in [0.15, 0.2) is 309 Å². The Bertz CT molecular complexity index is 4670. The molecule has 0 fully saturated rings. The van der Waals surface area contributed by atoms with Crippen molar-refractivity contribution in [2.45, 2.75) is 10.8 Å². The van der Waals surface area contributed by atoms with E-state index in [0.717, 1.165) is 90.1 Å². The highest BCUT2D eigenvalue weighted by Gasteiger charge is 2.52. The molecule has 13 aromatic rings. The Labute approximate surface area is 483 Å². The van der Waals surface area contributed by atoms with E-state index in [1.165, 1.54) is 61.2 Å². The fourth-order valence-electron chi connectivity index (χ4n) is 14.5. The number of hydrogen-bond acceptors (Lipinski definition) is 3. The van der Waals surface area contributed by atoms with Gasteiger partial charge >= 0.3 is 0 Å². The molecular formula is C80H51NO2. The number of rotatable bonds is 7. The molecule has 2 spiro atoms. The molecular weight excluding hydrogens is 1010 g/mol. The summed E-state index contributed by atoms with van der Waals surface area (Å²) in [5.41, 5.74) is 26.0. The Morgan fingerprint density at radius 1 is 0.205 bits per heavy atom. The normalized spacial score (nSPS) is 13.7. The van der Waals surface area contributed by atoms with Crippen LogP contribution in [0.2, 0.25) is 0 Å². The molecule has 17 rings (SSSR count). The molecule has 0 saturated carbocycles. The fraction of sp³-hybridized carbons (Fsp3) is 0.0250. The lowest BCUT2D eigenvalue weighted by Gasteiger charge is -2.39. The summed E-state index contributed by atoms with van der Waals surface area (Å²) in [5.74, 6) is 3.56. The molecule has 13 aromatic carbocycles. The van der Waals surface area contributed by atoms with E-state index < -0.39 is 10.8 Å². The van der Waals surface area contributed by atoms with Crippen molar-refractivity contribution in [2.75, 3.05) is 4.90 Å². The maximum atomic E-state index is 6.68. The first-order valence-electron chi connectivity index (χ1n) is 28.6. The first-order valence-corrected chi connectivity index (χ1v) is 28.6. The zero-order valence-corrected chi connectivity index (χ0v) is 45.2. The molecule has 2 aliphatic carbocycles. The first kappa shape index (κ1) is 47.1. The van der Waals surface area contributed by atoms with Crippen molar-refractivity contribution in [2.24, 2.45) is 0 Å². The molecule has 2 aliphatic heterocycles. The Hall–Kier alpha value is -10.7. The Morgan fingerprint density at radius 2 is 0.566 bits per heavy atom. The van der Waals surface area contributed by atoms with Gasteiger partial charge in [0.05, 0.1) is 16.5 Å². The quantitative estimate of drug-likeness (QED) is 0.159. The van der Waals surface area contributed by atoms with Gasteiger partial charge in [-0.15, -0.1) is 0 Å². The summed E-state index contributed by atoms with van der Waals surface area (Å²) in [7, 11) is 0.